The van der Waals surface area contributed by atoms with Crippen LogP contribution in [0.1, 0.15) is 37.8 Å². The number of nitrogens with zero attached hydrogens (tertiary/aromatic N) is 1. The van der Waals surface area contributed by atoms with E-state index in [1.165, 1.54) is 0 Å². The van der Waals surface area contributed by atoms with Crippen molar-refractivity contribution in [2.45, 2.75) is 37.7 Å². The van der Waals surface area contributed by atoms with Crippen molar-refractivity contribution in [3.8, 4) is 0 Å². The molecule has 0 saturated carbocycles. The number of hydrogen-bond acceptors (Lipinski definition) is 4. The fourth-order valence-corrected chi connectivity index (χ4v) is 4.80. The molecule has 1 fully saturated rings. The lowest BCUT2D eigenvalue weighted by atomic mass is 9.74. The number of ether oxygens (including phenoxy) is 1. The SMILES string of the molecule is CCNC(=NCC(C)(O)c1ccsc1)NCC1(c2ccccc2Cl)CCOCC1. The van der Waals surface area contributed by atoms with Gasteiger partial charge in [-0.1, -0.05) is 29.8 Å². The molecule has 3 rings (SSSR count). The van der Waals surface area contributed by atoms with Crippen LogP contribution < -0.4 is 10.6 Å². The third-order valence-corrected chi connectivity index (χ3v) is 6.53. The number of guanidine groups is 1. The molecule has 0 bridgehead atoms. The van der Waals surface area contributed by atoms with Crippen molar-refractivity contribution in [2.75, 3.05) is 32.8 Å². The first-order valence-corrected chi connectivity index (χ1v) is 11.4. The van der Waals surface area contributed by atoms with Crippen molar-refractivity contribution in [3.63, 3.8) is 0 Å². The van der Waals surface area contributed by atoms with Gasteiger partial charge in [0.1, 0.15) is 5.60 Å². The normalized spacial score (nSPS) is 18.8. The lowest BCUT2D eigenvalue weighted by molar-refractivity contribution is 0.0513. The van der Waals surface area contributed by atoms with Crippen molar-refractivity contribution in [2.24, 2.45) is 4.99 Å². The Bertz CT molecular complexity index is 802. The summed E-state index contributed by atoms with van der Waals surface area (Å²) in [7, 11) is 0. The summed E-state index contributed by atoms with van der Waals surface area (Å²) < 4.78 is 5.63. The van der Waals surface area contributed by atoms with Gasteiger partial charge in [0.05, 0.1) is 6.54 Å². The molecule has 3 N–H and O–H groups in total. The summed E-state index contributed by atoms with van der Waals surface area (Å²) in [5, 5.41) is 22.3. The zero-order valence-corrected chi connectivity index (χ0v) is 18.7. The van der Waals surface area contributed by atoms with E-state index in [-0.39, 0.29) is 12.0 Å². The van der Waals surface area contributed by atoms with Gasteiger partial charge in [-0.3, -0.25) is 0 Å². The molecular weight excluding hydrogens is 406 g/mol. The van der Waals surface area contributed by atoms with Crippen LogP contribution in [-0.2, 0) is 15.8 Å². The highest BCUT2D eigenvalue weighted by molar-refractivity contribution is 7.08. The van der Waals surface area contributed by atoms with E-state index in [0.717, 1.165) is 35.5 Å². The molecule has 1 aliphatic heterocycles. The summed E-state index contributed by atoms with van der Waals surface area (Å²) in [5.41, 5.74) is 0.932. The number of aliphatic hydroxyl groups is 1. The molecule has 29 heavy (non-hydrogen) atoms. The number of nitrogens with one attached hydrogen (secondary N) is 2. The number of aliphatic imine (C=N–C) groups is 1. The van der Waals surface area contributed by atoms with Gasteiger partial charge in [-0.2, -0.15) is 11.3 Å². The quantitative estimate of drug-likeness (QED) is 0.455. The highest BCUT2D eigenvalue weighted by Gasteiger charge is 2.36. The summed E-state index contributed by atoms with van der Waals surface area (Å²) in [4.78, 5) is 4.66. The lowest BCUT2D eigenvalue weighted by Gasteiger charge is -2.39. The fourth-order valence-electron chi connectivity index (χ4n) is 3.68. The molecule has 1 aliphatic rings. The summed E-state index contributed by atoms with van der Waals surface area (Å²) >= 11 is 8.13. The molecular formula is C22H30ClN3O2S. The highest BCUT2D eigenvalue weighted by atomic mass is 35.5. The molecule has 1 atom stereocenters. The Kier molecular flexibility index (Phi) is 7.57. The highest BCUT2D eigenvalue weighted by Crippen LogP contribution is 2.38. The van der Waals surface area contributed by atoms with Crippen LogP contribution in [0.4, 0.5) is 0 Å². The Morgan fingerprint density at radius 3 is 2.69 bits per heavy atom. The van der Waals surface area contributed by atoms with Gasteiger partial charge in [0.2, 0.25) is 0 Å². The summed E-state index contributed by atoms with van der Waals surface area (Å²) in [6.07, 6.45) is 1.80. The number of rotatable bonds is 7. The molecule has 7 heteroatoms. The summed E-state index contributed by atoms with van der Waals surface area (Å²) in [6.45, 7) is 6.99. The predicted octanol–water partition coefficient (Wildman–Crippen LogP) is 3.91. The first-order valence-electron chi connectivity index (χ1n) is 10.1. The van der Waals surface area contributed by atoms with Gasteiger partial charge in [-0.25, -0.2) is 4.99 Å². The van der Waals surface area contributed by atoms with E-state index in [0.29, 0.717) is 25.7 Å². The number of benzene rings is 1. The van der Waals surface area contributed by atoms with E-state index in [2.05, 4.69) is 21.7 Å². The molecule has 0 radical (unpaired) electrons. The average molecular weight is 436 g/mol. The van der Waals surface area contributed by atoms with Crippen molar-refractivity contribution >= 4 is 28.9 Å². The molecule has 0 amide bonds. The van der Waals surface area contributed by atoms with Crippen molar-refractivity contribution in [3.05, 3.63) is 57.2 Å². The number of halogens is 1. The summed E-state index contributed by atoms with van der Waals surface area (Å²) in [5.74, 6) is 0.695. The van der Waals surface area contributed by atoms with Gasteiger partial charge in [-0.05, 0) is 60.7 Å². The van der Waals surface area contributed by atoms with E-state index in [4.69, 9.17) is 16.3 Å². The largest absolute Gasteiger partial charge is 0.383 e. The van der Waals surface area contributed by atoms with Gasteiger partial charge in [0.25, 0.3) is 0 Å². The predicted molar refractivity (Wildman–Crippen MR) is 121 cm³/mol. The van der Waals surface area contributed by atoms with E-state index in [9.17, 15) is 5.11 Å². The van der Waals surface area contributed by atoms with Crippen molar-refractivity contribution in [1.82, 2.24) is 10.6 Å². The lowest BCUT2D eigenvalue weighted by Crippen LogP contribution is -2.48. The molecule has 2 heterocycles. The van der Waals surface area contributed by atoms with Crippen molar-refractivity contribution < 1.29 is 9.84 Å². The van der Waals surface area contributed by atoms with E-state index >= 15 is 0 Å². The van der Waals surface area contributed by atoms with Crippen LogP contribution in [0.2, 0.25) is 5.02 Å². The molecule has 0 spiro atoms. The Morgan fingerprint density at radius 1 is 1.28 bits per heavy atom. The van der Waals surface area contributed by atoms with Gasteiger partial charge in [0.15, 0.2) is 5.96 Å². The standard InChI is InChI=1S/C22H30ClN3O2S/c1-3-24-20(25-15-21(2,27)17-8-13-29-14-17)26-16-22(9-11-28-12-10-22)18-6-4-5-7-19(18)23/h4-8,13-14,27H,3,9-12,15-16H2,1-2H3,(H2,24,25,26). The van der Waals surface area contributed by atoms with Crippen LogP contribution in [-0.4, -0.2) is 43.9 Å². The summed E-state index contributed by atoms with van der Waals surface area (Å²) in [6, 6.07) is 10.0. The first kappa shape index (κ1) is 22.1. The van der Waals surface area contributed by atoms with Crippen LogP contribution in [0.3, 0.4) is 0 Å². The molecule has 0 aliphatic carbocycles. The molecule has 5 nitrogen and oxygen atoms in total. The molecule has 1 unspecified atom stereocenters. The Hall–Kier alpha value is -1.60. The van der Waals surface area contributed by atoms with Crippen LogP contribution in [0.25, 0.3) is 0 Å². The fraction of sp³-hybridized carbons (Fsp3) is 0.500. The molecule has 1 aromatic carbocycles. The second kappa shape index (κ2) is 9.94. The minimum absolute atomic E-state index is 0.108. The van der Waals surface area contributed by atoms with Gasteiger partial charge >= 0.3 is 0 Å². The molecule has 1 aromatic heterocycles. The number of hydrogen-bond donors (Lipinski definition) is 3. The molecule has 158 valence electrons. The second-order valence-electron chi connectivity index (χ2n) is 7.71. The third kappa shape index (κ3) is 5.51. The molecule has 1 saturated heterocycles. The smallest absolute Gasteiger partial charge is 0.191 e. The van der Waals surface area contributed by atoms with Gasteiger partial charge < -0.3 is 20.5 Å². The van der Waals surface area contributed by atoms with Crippen molar-refractivity contribution in [1.29, 1.82) is 0 Å². The maximum Gasteiger partial charge on any atom is 0.191 e. The van der Waals surface area contributed by atoms with E-state index in [1.54, 1.807) is 18.3 Å². The number of thiophene rings is 1. The van der Waals surface area contributed by atoms with E-state index in [1.807, 2.05) is 41.9 Å². The Balaban J connectivity index is 1.76. The van der Waals surface area contributed by atoms with Gasteiger partial charge in [-0.15, -0.1) is 0 Å². The van der Waals surface area contributed by atoms with E-state index < -0.39 is 5.60 Å². The van der Waals surface area contributed by atoms with Crippen LogP contribution >= 0.6 is 22.9 Å². The topological polar surface area (TPSA) is 65.9 Å². The monoisotopic (exact) mass is 435 g/mol. The Morgan fingerprint density at radius 2 is 2.03 bits per heavy atom. The first-order chi connectivity index (χ1) is 14.0. The third-order valence-electron chi connectivity index (χ3n) is 5.52. The van der Waals surface area contributed by atoms with Crippen LogP contribution in [0.15, 0.2) is 46.1 Å². The maximum atomic E-state index is 10.8. The zero-order chi connectivity index (χ0) is 20.7. The maximum absolute atomic E-state index is 10.8. The average Bonchev–Trinajstić information content (AvgIpc) is 3.27. The van der Waals surface area contributed by atoms with Gasteiger partial charge in [0, 0.05) is 36.7 Å². The zero-order valence-electron chi connectivity index (χ0n) is 17.1. The Labute approximate surface area is 182 Å². The van der Waals surface area contributed by atoms with Crippen LogP contribution in [0.5, 0.6) is 0 Å². The molecule has 2 aromatic rings. The second-order valence-corrected chi connectivity index (χ2v) is 8.89. The van der Waals surface area contributed by atoms with Crippen LogP contribution in [0, 0.1) is 0 Å². The minimum atomic E-state index is -0.999. The minimum Gasteiger partial charge on any atom is -0.383 e.